The van der Waals surface area contributed by atoms with Crippen LogP contribution in [-0.2, 0) is 22.4 Å². The Labute approximate surface area is 191 Å². The van der Waals surface area contributed by atoms with Crippen molar-refractivity contribution < 1.29 is 18.7 Å². The van der Waals surface area contributed by atoms with Gasteiger partial charge in [0.25, 0.3) is 0 Å². The van der Waals surface area contributed by atoms with Crippen LogP contribution in [-0.4, -0.2) is 18.5 Å². The molecule has 0 saturated carbocycles. The number of hydrogen-bond acceptors (Lipinski definition) is 4. The van der Waals surface area contributed by atoms with Gasteiger partial charge in [0, 0.05) is 16.5 Å². The fraction of sp³-hybridized carbons (Fsp3) is 0.417. The molecule has 166 valence electrons. The highest BCUT2D eigenvalue weighted by atomic mass is 35.5. The number of benzene rings is 1. The number of rotatable bonds is 5. The van der Waals surface area contributed by atoms with Gasteiger partial charge in [0.2, 0.25) is 5.91 Å². The third-order valence-corrected chi connectivity index (χ3v) is 7.11. The lowest BCUT2D eigenvalue weighted by molar-refractivity contribution is -0.111. The molecule has 1 aromatic carbocycles. The Bertz CT molecular complexity index is 1000. The summed E-state index contributed by atoms with van der Waals surface area (Å²) in [6, 6.07) is 4.34. The van der Waals surface area contributed by atoms with Crippen LogP contribution in [0.4, 0.5) is 9.39 Å². The van der Waals surface area contributed by atoms with Gasteiger partial charge in [-0.3, -0.25) is 4.79 Å². The summed E-state index contributed by atoms with van der Waals surface area (Å²) in [5.41, 5.74) is 1.72. The highest BCUT2D eigenvalue weighted by molar-refractivity contribution is 7.17. The lowest BCUT2D eigenvalue weighted by atomic mass is 9.72. The van der Waals surface area contributed by atoms with E-state index in [1.54, 1.807) is 13.0 Å². The van der Waals surface area contributed by atoms with Crippen LogP contribution in [0.25, 0.3) is 6.08 Å². The minimum atomic E-state index is -0.511. The molecule has 1 amide bonds. The molecule has 0 saturated heterocycles. The van der Waals surface area contributed by atoms with Gasteiger partial charge in [0.15, 0.2) is 0 Å². The number of halogens is 2. The van der Waals surface area contributed by atoms with Crippen LogP contribution in [0.2, 0.25) is 5.02 Å². The number of hydrogen-bond donors (Lipinski definition) is 1. The lowest BCUT2D eigenvalue weighted by Gasteiger charge is -2.33. The zero-order chi connectivity index (χ0) is 22.8. The molecule has 0 aliphatic heterocycles. The second-order valence-corrected chi connectivity index (χ2v) is 10.2. The van der Waals surface area contributed by atoms with Crippen LogP contribution in [0.5, 0.6) is 0 Å². The maximum absolute atomic E-state index is 13.9. The number of nitrogens with one attached hydrogen (secondary N) is 1. The minimum absolute atomic E-state index is 0.142. The van der Waals surface area contributed by atoms with E-state index in [9.17, 15) is 14.0 Å². The number of fused-ring (bicyclic) bond motifs is 1. The SMILES string of the molecule is CCOC(=O)c1c(NC(=O)C=Cc2c(F)cccc2Cl)sc2c1CCC(C(C)(C)C)C2. The number of amides is 1. The summed E-state index contributed by atoms with van der Waals surface area (Å²) in [5.74, 6) is -0.898. The Morgan fingerprint density at radius 3 is 2.74 bits per heavy atom. The predicted molar refractivity (Wildman–Crippen MR) is 124 cm³/mol. The molecule has 1 aromatic heterocycles. The summed E-state index contributed by atoms with van der Waals surface area (Å²) in [4.78, 5) is 26.4. The van der Waals surface area contributed by atoms with Gasteiger partial charge in [-0.15, -0.1) is 11.3 Å². The molecule has 0 fully saturated rings. The quantitative estimate of drug-likeness (QED) is 0.405. The molecular formula is C24H27ClFNO3S. The fourth-order valence-corrected chi connectivity index (χ4v) is 5.36. The maximum atomic E-state index is 13.9. The first-order valence-electron chi connectivity index (χ1n) is 10.4. The smallest absolute Gasteiger partial charge is 0.341 e. The molecule has 3 rings (SSSR count). The van der Waals surface area contributed by atoms with Crippen LogP contribution in [0.15, 0.2) is 24.3 Å². The molecule has 0 spiro atoms. The van der Waals surface area contributed by atoms with Gasteiger partial charge in [-0.25, -0.2) is 9.18 Å². The van der Waals surface area contributed by atoms with Crippen molar-refractivity contribution in [1.29, 1.82) is 0 Å². The molecule has 1 N–H and O–H groups in total. The molecule has 1 aliphatic rings. The Kier molecular flexibility index (Phi) is 7.22. The molecule has 1 heterocycles. The first-order chi connectivity index (χ1) is 14.6. The van der Waals surface area contributed by atoms with E-state index in [4.69, 9.17) is 16.3 Å². The van der Waals surface area contributed by atoms with Gasteiger partial charge in [-0.1, -0.05) is 38.4 Å². The third-order valence-electron chi connectivity index (χ3n) is 5.61. The zero-order valence-electron chi connectivity index (χ0n) is 18.2. The molecule has 2 aromatic rings. The molecule has 1 atom stereocenters. The van der Waals surface area contributed by atoms with Gasteiger partial charge in [0.05, 0.1) is 17.2 Å². The third kappa shape index (κ3) is 5.36. The standard InChI is InChI=1S/C24H27ClFNO3S/c1-5-30-23(29)21-16-10-9-14(24(2,3)4)13-19(16)31-22(21)27-20(28)12-11-15-17(25)7-6-8-18(15)26/h6-8,11-12,14H,5,9-10,13H2,1-4H3,(H,27,28). The normalized spacial score (nSPS) is 16.3. The molecule has 7 heteroatoms. The average molecular weight is 464 g/mol. The molecule has 0 radical (unpaired) electrons. The predicted octanol–water partition coefficient (Wildman–Crippen LogP) is 6.52. The van der Waals surface area contributed by atoms with Gasteiger partial charge in [0.1, 0.15) is 10.8 Å². The highest BCUT2D eigenvalue weighted by Crippen LogP contribution is 2.44. The van der Waals surface area contributed by atoms with E-state index >= 15 is 0 Å². The summed E-state index contributed by atoms with van der Waals surface area (Å²) in [6.07, 6.45) is 5.18. The molecule has 1 unspecified atom stereocenters. The number of esters is 1. The van der Waals surface area contributed by atoms with E-state index < -0.39 is 17.7 Å². The molecule has 4 nitrogen and oxygen atoms in total. The number of thiophene rings is 1. The lowest BCUT2D eigenvalue weighted by Crippen LogP contribution is -2.26. The van der Waals surface area contributed by atoms with Crippen molar-refractivity contribution >= 4 is 45.9 Å². The van der Waals surface area contributed by atoms with E-state index in [2.05, 4.69) is 26.1 Å². The first kappa shape index (κ1) is 23.5. The van der Waals surface area contributed by atoms with Gasteiger partial charge >= 0.3 is 5.97 Å². The molecule has 31 heavy (non-hydrogen) atoms. The minimum Gasteiger partial charge on any atom is -0.462 e. The Morgan fingerprint density at radius 2 is 2.10 bits per heavy atom. The maximum Gasteiger partial charge on any atom is 0.341 e. The summed E-state index contributed by atoms with van der Waals surface area (Å²) in [6.45, 7) is 8.69. The summed E-state index contributed by atoms with van der Waals surface area (Å²) in [7, 11) is 0. The molecule has 0 bridgehead atoms. The average Bonchev–Trinajstić information content (AvgIpc) is 3.04. The highest BCUT2D eigenvalue weighted by Gasteiger charge is 2.34. The van der Waals surface area contributed by atoms with Gasteiger partial charge < -0.3 is 10.1 Å². The zero-order valence-corrected chi connectivity index (χ0v) is 19.8. The number of carbonyl (C=O) groups excluding carboxylic acids is 2. The summed E-state index contributed by atoms with van der Waals surface area (Å²) < 4.78 is 19.2. The van der Waals surface area contributed by atoms with Crippen molar-refractivity contribution in [3.63, 3.8) is 0 Å². The van der Waals surface area contributed by atoms with E-state index in [1.165, 1.54) is 35.6 Å². The van der Waals surface area contributed by atoms with E-state index in [1.807, 2.05) is 0 Å². The summed E-state index contributed by atoms with van der Waals surface area (Å²) in [5, 5.41) is 3.49. The summed E-state index contributed by atoms with van der Waals surface area (Å²) >= 11 is 7.44. The largest absolute Gasteiger partial charge is 0.462 e. The van der Waals surface area contributed by atoms with Crippen molar-refractivity contribution in [1.82, 2.24) is 0 Å². The van der Waals surface area contributed by atoms with Crippen LogP contribution in [0.1, 0.15) is 60.5 Å². The van der Waals surface area contributed by atoms with Crippen molar-refractivity contribution in [2.45, 2.75) is 47.0 Å². The van der Waals surface area contributed by atoms with Crippen LogP contribution < -0.4 is 5.32 Å². The Morgan fingerprint density at radius 1 is 1.35 bits per heavy atom. The van der Waals surface area contributed by atoms with Crippen molar-refractivity contribution in [3.05, 3.63) is 56.7 Å². The van der Waals surface area contributed by atoms with E-state index in [0.29, 0.717) is 16.5 Å². The number of carbonyl (C=O) groups is 2. The van der Waals surface area contributed by atoms with Crippen molar-refractivity contribution in [3.8, 4) is 0 Å². The Hall–Kier alpha value is -2.18. The van der Waals surface area contributed by atoms with Crippen molar-refractivity contribution in [2.75, 3.05) is 11.9 Å². The number of anilines is 1. The monoisotopic (exact) mass is 463 g/mol. The van der Waals surface area contributed by atoms with E-state index in [0.717, 1.165) is 29.7 Å². The van der Waals surface area contributed by atoms with Crippen molar-refractivity contribution in [2.24, 2.45) is 11.3 Å². The second-order valence-electron chi connectivity index (χ2n) is 8.69. The first-order valence-corrected chi connectivity index (χ1v) is 11.6. The van der Waals surface area contributed by atoms with E-state index in [-0.39, 0.29) is 22.6 Å². The number of ether oxygens (including phenoxy) is 1. The Balaban J connectivity index is 1.88. The van der Waals surface area contributed by atoms with Gasteiger partial charge in [-0.05, 0) is 61.3 Å². The fourth-order valence-electron chi connectivity index (χ4n) is 3.81. The topological polar surface area (TPSA) is 55.4 Å². The van der Waals surface area contributed by atoms with Gasteiger partial charge in [-0.2, -0.15) is 0 Å². The van der Waals surface area contributed by atoms with Crippen LogP contribution >= 0.6 is 22.9 Å². The van der Waals surface area contributed by atoms with Crippen LogP contribution in [0.3, 0.4) is 0 Å². The molecular weight excluding hydrogens is 437 g/mol. The molecule has 1 aliphatic carbocycles. The second kappa shape index (κ2) is 9.53. The van der Waals surface area contributed by atoms with Crippen LogP contribution in [0, 0.1) is 17.2 Å².